The van der Waals surface area contributed by atoms with Gasteiger partial charge in [0.25, 0.3) is 0 Å². The van der Waals surface area contributed by atoms with Crippen molar-refractivity contribution in [2.75, 3.05) is 31.0 Å². The highest BCUT2D eigenvalue weighted by Crippen LogP contribution is 2.35. The normalized spacial score (nSPS) is 11.7. The zero-order valence-electron chi connectivity index (χ0n) is 21.1. The number of amides is 1. The number of ether oxygens (including phenoxy) is 3. The summed E-state index contributed by atoms with van der Waals surface area (Å²) in [4.78, 5) is 25.4. The minimum Gasteiger partial charge on any atom is -0.491 e. The predicted molar refractivity (Wildman–Crippen MR) is 147 cm³/mol. The lowest BCUT2D eigenvalue weighted by atomic mass is 10.1. The van der Waals surface area contributed by atoms with Crippen molar-refractivity contribution in [1.82, 2.24) is 15.0 Å². The number of halogens is 1. The summed E-state index contributed by atoms with van der Waals surface area (Å²) in [7, 11) is 1.63. The van der Waals surface area contributed by atoms with Gasteiger partial charge in [-0.3, -0.25) is 9.78 Å². The summed E-state index contributed by atoms with van der Waals surface area (Å²) in [5.41, 5.74) is 8.35. The fourth-order valence-electron chi connectivity index (χ4n) is 3.50. The highest BCUT2D eigenvalue weighted by molar-refractivity contribution is 6.32. The molecule has 4 aromatic rings. The van der Waals surface area contributed by atoms with Gasteiger partial charge >= 0.3 is 0 Å². The molecule has 38 heavy (non-hydrogen) atoms. The van der Waals surface area contributed by atoms with Crippen LogP contribution in [0.4, 0.5) is 17.2 Å². The zero-order chi connectivity index (χ0) is 26.9. The SMILES string of the molecule is COCCCOc1cc2ncnc(Nc3ccc(OCc4ccccn4)c(Cl)c3)c2cc1NC(=O)C(C)N. The Balaban J connectivity index is 1.57. The van der Waals surface area contributed by atoms with Gasteiger partial charge < -0.3 is 30.6 Å². The summed E-state index contributed by atoms with van der Waals surface area (Å²) in [6.45, 7) is 2.87. The van der Waals surface area contributed by atoms with Crippen molar-refractivity contribution in [3.8, 4) is 11.5 Å². The van der Waals surface area contributed by atoms with E-state index >= 15 is 0 Å². The maximum Gasteiger partial charge on any atom is 0.241 e. The van der Waals surface area contributed by atoms with Crippen LogP contribution in [0.1, 0.15) is 19.0 Å². The molecule has 2 aromatic carbocycles. The van der Waals surface area contributed by atoms with Gasteiger partial charge in [-0.25, -0.2) is 9.97 Å². The maximum absolute atomic E-state index is 12.4. The Hall–Kier alpha value is -3.99. The molecular formula is C27H29ClN6O4. The second kappa shape index (κ2) is 13.0. The molecule has 2 aromatic heterocycles. The molecule has 0 bridgehead atoms. The topological polar surface area (TPSA) is 134 Å². The number of aromatic nitrogens is 3. The van der Waals surface area contributed by atoms with E-state index in [0.29, 0.717) is 70.9 Å². The lowest BCUT2D eigenvalue weighted by Crippen LogP contribution is -2.32. The van der Waals surface area contributed by atoms with Crippen molar-refractivity contribution in [3.05, 3.63) is 71.8 Å². The third kappa shape index (κ3) is 7.06. The highest BCUT2D eigenvalue weighted by Gasteiger charge is 2.16. The predicted octanol–water partition coefficient (Wildman–Crippen LogP) is 4.70. The van der Waals surface area contributed by atoms with Gasteiger partial charge in [0.05, 0.1) is 34.6 Å². The number of nitrogens with zero attached hydrogens (tertiary/aromatic N) is 3. The van der Waals surface area contributed by atoms with E-state index in [4.69, 9.17) is 31.5 Å². The van der Waals surface area contributed by atoms with Gasteiger partial charge in [-0.15, -0.1) is 0 Å². The average molecular weight is 537 g/mol. The number of nitrogens with one attached hydrogen (secondary N) is 2. The van der Waals surface area contributed by atoms with Gasteiger partial charge in [0.15, 0.2) is 0 Å². The van der Waals surface area contributed by atoms with Crippen molar-refractivity contribution in [2.45, 2.75) is 26.0 Å². The lowest BCUT2D eigenvalue weighted by Gasteiger charge is -2.16. The minimum absolute atomic E-state index is 0.301. The van der Waals surface area contributed by atoms with E-state index in [-0.39, 0.29) is 5.91 Å². The van der Waals surface area contributed by atoms with E-state index in [1.165, 1.54) is 6.33 Å². The minimum atomic E-state index is -0.697. The molecule has 1 unspecified atom stereocenters. The molecule has 4 N–H and O–H groups in total. The number of fused-ring (bicyclic) bond motifs is 1. The molecule has 1 atom stereocenters. The molecule has 0 saturated carbocycles. The second-order valence-electron chi connectivity index (χ2n) is 8.44. The maximum atomic E-state index is 12.4. The number of carbonyl (C=O) groups is 1. The second-order valence-corrected chi connectivity index (χ2v) is 8.85. The van der Waals surface area contributed by atoms with Crippen LogP contribution in [0, 0.1) is 0 Å². The first kappa shape index (κ1) is 27.1. The van der Waals surface area contributed by atoms with E-state index in [1.807, 2.05) is 24.3 Å². The van der Waals surface area contributed by atoms with E-state index < -0.39 is 6.04 Å². The van der Waals surface area contributed by atoms with Crippen LogP contribution in [0.5, 0.6) is 11.5 Å². The van der Waals surface area contributed by atoms with Crippen LogP contribution in [0.2, 0.25) is 5.02 Å². The van der Waals surface area contributed by atoms with Crippen LogP contribution < -0.4 is 25.8 Å². The molecule has 4 rings (SSSR count). The number of nitrogens with two attached hydrogens (primary N) is 1. The number of pyridine rings is 1. The fraction of sp³-hybridized carbons (Fsp3) is 0.259. The summed E-state index contributed by atoms with van der Waals surface area (Å²) in [5.74, 6) is 1.19. The summed E-state index contributed by atoms with van der Waals surface area (Å²) in [6.07, 6.45) is 3.85. The lowest BCUT2D eigenvalue weighted by molar-refractivity contribution is -0.117. The zero-order valence-corrected chi connectivity index (χ0v) is 21.9. The molecule has 0 spiro atoms. The molecule has 0 fully saturated rings. The van der Waals surface area contributed by atoms with Gasteiger partial charge in [-0.1, -0.05) is 17.7 Å². The van der Waals surface area contributed by atoms with Crippen LogP contribution in [0.25, 0.3) is 10.9 Å². The third-order valence-electron chi connectivity index (χ3n) is 5.45. The van der Waals surface area contributed by atoms with E-state index in [9.17, 15) is 4.79 Å². The molecular weight excluding hydrogens is 508 g/mol. The molecule has 1 amide bonds. The molecule has 0 aliphatic rings. The fourth-order valence-corrected chi connectivity index (χ4v) is 3.74. The van der Waals surface area contributed by atoms with Crippen LogP contribution in [0.15, 0.2) is 61.1 Å². The Bertz CT molecular complexity index is 1390. The molecule has 0 aliphatic carbocycles. The Morgan fingerprint density at radius 2 is 1.92 bits per heavy atom. The molecule has 198 valence electrons. The first-order valence-corrected chi connectivity index (χ1v) is 12.4. The van der Waals surface area contributed by atoms with Crippen molar-refractivity contribution >= 4 is 45.6 Å². The van der Waals surface area contributed by atoms with Crippen LogP contribution in [0.3, 0.4) is 0 Å². The van der Waals surface area contributed by atoms with E-state index in [0.717, 1.165) is 5.69 Å². The Morgan fingerprint density at radius 3 is 2.66 bits per heavy atom. The molecule has 11 heteroatoms. The van der Waals surface area contributed by atoms with Crippen LogP contribution >= 0.6 is 11.6 Å². The quantitative estimate of drug-likeness (QED) is 0.220. The van der Waals surface area contributed by atoms with E-state index in [1.54, 1.807) is 44.5 Å². The Kier molecular flexibility index (Phi) is 9.26. The number of hydrogen-bond acceptors (Lipinski definition) is 9. The van der Waals surface area contributed by atoms with Gasteiger partial charge in [0, 0.05) is 43.5 Å². The molecule has 10 nitrogen and oxygen atoms in total. The van der Waals surface area contributed by atoms with E-state index in [2.05, 4.69) is 25.6 Å². The van der Waals surface area contributed by atoms with Crippen molar-refractivity contribution < 1.29 is 19.0 Å². The van der Waals surface area contributed by atoms with Crippen molar-refractivity contribution in [1.29, 1.82) is 0 Å². The van der Waals surface area contributed by atoms with Crippen molar-refractivity contribution in [3.63, 3.8) is 0 Å². The number of methoxy groups -OCH3 is 1. The largest absolute Gasteiger partial charge is 0.491 e. The third-order valence-corrected chi connectivity index (χ3v) is 5.75. The summed E-state index contributed by atoms with van der Waals surface area (Å²) in [5, 5.41) is 7.21. The van der Waals surface area contributed by atoms with Gasteiger partial charge in [0.2, 0.25) is 5.91 Å². The molecule has 0 saturated heterocycles. The number of anilines is 3. The first-order valence-electron chi connectivity index (χ1n) is 12.0. The summed E-state index contributed by atoms with van der Waals surface area (Å²) >= 11 is 6.48. The summed E-state index contributed by atoms with van der Waals surface area (Å²) in [6, 6.07) is 13.8. The van der Waals surface area contributed by atoms with Gasteiger partial charge in [-0.2, -0.15) is 0 Å². The summed E-state index contributed by atoms with van der Waals surface area (Å²) < 4.78 is 16.8. The van der Waals surface area contributed by atoms with Gasteiger partial charge in [0.1, 0.15) is 30.3 Å². The molecule has 0 radical (unpaired) electrons. The first-order chi connectivity index (χ1) is 18.4. The Labute approximate surface area is 225 Å². The number of hydrogen-bond donors (Lipinski definition) is 3. The Morgan fingerprint density at radius 1 is 1.05 bits per heavy atom. The van der Waals surface area contributed by atoms with Crippen LogP contribution in [-0.4, -0.2) is 47.2 Å². The molecule has 0 aliphatic heterocycles. The van der Waals surface area contributed by atoms with Crippen LogP contribution in [-0.2, 0) is 16.1 Å². The number of rotatable bonds is 12. The monoisotopic (exact) mass is 536 g/mol. The average Bonchev–Trinajstić information content (AvgIpc) is 2.91. The van der Waals surface area contributed by atoms with Crippen molar-refractivity contribution in [2.24, 2.45) is 5.73 Å². The number of benzene rings is 2. The highest BCUT2D eigenvalue weighted by atomic mass is 35.5. The smallest absolute Gasteiger partial charge is 0.241 e. The van der Waals surface area contributed by atoms with Gasteiger partial charge in [-0.05, 0) is 43.3 Å². The molecule has 2 heterocycles. The number of carbonyl (C=O) groups excluding carboxylic acids is 1. The standard InChI is InChI=1S/C27H29ClN6O4/c1-17(29)27(35)34-23-13-20-22(14-25(23)37-11-5-10-36-2)31-16-32-26(20)33-18-7-8-24(21(28)12-18)38-15-19-6-3-4-9-30-19/h3-4,6-9,12-14,16-17H,5,10-11,15,29H2,1-2H3,(H,34,35)(H,31,32,33).